The van der Waals surface area contributed by atoms with Crippen LogP contribution in [0.15, 0.2) is 24.3 Å². The van der Waals surface area contributed by atoms with Crippen molar-refractivity contribution in [1.29, 1.82) is 0 Å². The Labute approximate surface area is 109 Å². The minimum atomic E-state index is 0.262. The van der Waals surface area contributed by atoms with Crippen LogP contribution in [-0.4, -0.2) is 29.9 Å². The number of nitrogens with one attached hydrogen (secondary N) is 1. The number of fused-ring (bicyclic) bond motifs is 1. The summed E-state index contributed by atoms with van der Waals surface area (Å²) in [6.07, 6.45) is 1.58. The Morgan fingerprint density at radius 2 is 2.06 bits per heavy atom. The third-order valence-electron chi connectivity index (χ3n) is 3.37. The Morgan fingerprint density at radius 1 is 1.33 bits per heavy atom. The first-order chi connectivity index (χ1) is 8.66. The van der Waals surface area contributed by atoms with Crippen molar-refractivity contribution in [2.75, 3.05) is 13.1 Å². The second-order valence-electron chi connectivity index (χ2n) is 5.19. The van der Waals surface area contributed by atoms with Gasteiger partial charge in [-0.1, -0.05) is 38.1 Å². The molecule has 1 heterocycles. The fraction of sp³-hybridized carbons (Fsp3) is 0.533. The van der Waals surface area contributed by atoms with Crippen LogP contribution in [0.5, 0.6) is 0 Å². The van der Waals surface area contributed by atoms with E-state index in [0.29, 0.717) is 12.5 Å². The number of benzene rings is 1. The predicted molar refractivity (Wildman–Crippen MR) is 73.3 cm³/mol. The van der Waals surface area contributed by atoms with Crippen LogP contribution in [0.1, 0.15) is 31.4 Å². The SMILES string of the molecule is CC(C)NCCC(=O)N1CCc2ccccc2C1. The molecule has 0 unspecified atom stereocenters. The highest BCUT2D eigenvalue weighted by Gasteiger charge is 2.19. The van der Waals surface area contributed by atoms with Gasteiger partial charge in [-0.25, -0.2) is 0 Å². The molecule has 3 heteroatoms. The van der Waals surface area contributed by atoms with Crippen molar-refractivity contribution in [2.24, 2.45) is 0 Å². The van der Waals surface area contributed by atoms with E-state index in [-0.39, 0.29) is 5.91 Å². The lowest BCUT2D eigenvalue weighted by molar-refractivity contribution is -0.132. The molecule has 0 aliphatic carbocycles. The van der Waals surface area contributed by atoms with Crippen molar-refractivity contribution in [2.45, 2.75) is 39.3 Å². The van der Waals surface area contributed by atoms with Crippen LogP contribution >= 0.6 is 0 Å². The van der Waals surface area contributed by atoms with Crippen LogP contribution in [0.4, 0.5) is 0 Å². The summed E-state index contributed by atoms with van der Waals surface area (Å²) in [5, 5.41) is 3.29. The molecule has 0 spiro atoms. The van der Waals surface area contributed by atoms with Crippen LogP contribution in [0.2, 0.25) is 0 Å². The molecular formula is C15H22N2O. The number of nitrogens with zero attached hydrogens (tertiary/aromatic N) is 1. The quantitative estimate of drug-likeness (QED) is 0.881. The average molecular weight is 246 g/mol. The molecule has 0 radical (unpaired) electrons. The number of carbonyl (C=O) groups is 1. The molecule has 0 aromatic heterocycles. The fourth-order valence-corrected chi connectivity index (χ4v) is 2.33. The molecule has 0 atom stereocenters. The van der Waals surface area contributed by atoms with Crippen LogP contribution < -0.4 is 5.32 Å². The van der Waals surface area contributed by atoms with E-state index in [1.165, 1.54) is 11.1 Å². The van der Waals surface area contributed by atoms with Gasteiger partial charge >= 0.3 is 0 Å². The van der Waals surface area contributed by atoms with Gasteiger partial charge < -0.3 is 10.2 Å². The van der Waals surface area contributed by atoms with E-state index in [1.54, 1.807) is 0 Å². The van der Waals surface area contributed by atoms with Gasteiger partial charge in [0, 0.05) is 32.1 Å². The molecule has 1 aliphatic rings. The largest absolute Gasteiger partial charge is 0.338 e. The van der Waals surface area contributed by atoms with Gasteiger partial charge in [-0.3, -0.25) is 4.79 Å². The van der Waals surface area contributed by atoms with E-state index in [0.717, 1.165) is 26.1 Å². The summed E-state index contributed by atoms with van der Waals surface area (Å²) in [6, 6.07) is 8.86. The lowest BCUT2D eigenvalue weighted by Crippen LogP contribution is -2.38. The highest BCUT2D eigenvalue weighted by molar-refractivity contribution is 5.76. The summed E-state index contributed by atoms with van der Waals surface area (Å²) in [4.78, 5) is 14.1. The predicted octanol–water partition coefficient (Wildman–Crippen LogP) is 1.96. The third kappa shape index (κ3) is 3.33. The molecule has 1 aromatic carbocycles. The maximum atomic E-state index is 12.1. The number of rotatable bonds is 4. The first kappa shape index (κ1) is 13.1. The molecular weight excluding hydrogens is 224 g/mol. The van der Waals surface area contributed by atoms with Crippen molar-refractivity contribution < 1.29 is 4.79 Å². The van der Waals surface area contributed by atoms with E-state index in [9.17, 15) is 4.79 Å². The van der Waals surface area contributed by atoms with Crippen molar-refractivity contribution in [3.63, 3.8) is 0 Å². The molecule has 0 saturated heterocycles. The molecule has 0 bridgehead atoms. The van der Waals surface area contributed by atoms with Gasteiger partial charge in [-0.05, 0) is 17.5 Å². The summed E-state index contributed by atoms with van der Waals surface area (Å²) in [5.41, 5.74) is 2.69. The number of hydrogen-bond donors (Lipinski definition) is 1. The molecule has 98 valence electrons. The Bertz CT molecular complexity index is 415. The summed E-state index contributed by atoms with van der Waals surface area (Å²) < 4.78 is 0. The molecule has 2 rings (SSSR count). The number of hydrogen-bond acceptors (Lipinski definition) is 2. The molecule has 0 fully saturated rings. The number of amides is 1. The maximum Gasteiger partial charge on any atom is 0.224 e. The van der Waals surface area contributed by atoms with Crippen molar-refractivity contribution in [1.82, 2.24) is 10.2 Å². The van der Waals surface area contributed by atoms with Crippen molar-refractivity contribution in [3.05, 3.63) is 35.4 Å². The fourth-order valence-electron chi connectivity index (χ4n) is 2.33. The van der Waals surface area contributed by atoms with Crippen LogP contribution in [0, 0.1) is 0 Å². The van der Waals surface area contributed by atoms with Gasteiger partial charge in [0.05, 0.1) is 0 Å². The van der Waals surface area contributed by atoms with Gasteiger partial charge in [-0.15, -0.1) is 0 Å². The van der Waals surface area contributed by atoms with Crippen molar-refractivity contribution in [3.8, 4) is 0 Å². The van der Waals surface area contributed by atoms with Gasteiger partial charge in [0.2, 0.25) is 5.91 Å². The summed E-state index contributed by atoms with van der Waals surface area (Å²) >= 11 is 0. The lowest BCUT2D eigenvalue weighted by atomic mass is 10.00. The third-order valence-corrected chi connectivity index (χ3v) is 3.37. The summed E-state index contributed by atoms with van der Waals surface area (Å²) in [6.45, 7) is 6.60. The molecule has 1 aliphatic heterocycles. The Morgan fingerprint density at radius 3 is 2.78 bits per heavy atom. The van der Waals surface area contributed by atoms with Gasteiger partial charge in [0.25, 0.3) is 0 Å². The maximum absolute atomic E-state index is 12.1. The average Bonchev–Trinajstić information content (AvgIpc) is 2.37. The number of carbonyl (C=O) groups excluding carboxylic acids is 1. The second-order valence-corrected chi connectivity index (χ2v) is 5.19. The zero-order chi connectivity index (χ0) is 13.0. The molecule has 18 heavy (non-hydrogen) atoms. The second kappa shape index (κ2) is 6.01. The first-order valence-corrected chi connectivity index (χ1v) is 6.75. The van der Waals surface area contributed by atoms with Gasteiger partial charge in [0.15, 0.2) is 0 Å². The topological polar surface area (TPSA) is 32.3 Å². The van der Waals surface area contributed by atoms with Crippen LogP contribution in [-0.2, 0) is 17.8 Å². The highest BCUT2D eigenvalue weighted by Crippen LogP contribution is 2.18. The lowest BCUT2D eigenvalue weighted by Gasteiger charge is -2.29. The monoisotopic (exact) mass is 246 g/mol. The van der Waals surface area contributed by atoms with Crippen LogP contribution in [0.25, 0.3) is 0 Å². The molecule has 1 amide bonds. The molecule has 1 aromatic rings. The van der Waals surface area contributed by atoms with E-state index < -0.39 is 0 Å². The van der Waals surface area contributed by atoms with E-state index in [4.69, 9.17) is 0 Å². The zero-order valence-electron chi connectivity index (χ0n) is 11.3. The molecule has 1 N–H and O–H groups in total. The Hall–Kier alpha value is -1.35. The van der Waals surface area contributed by atoms with E-state index in [2.05, 4.69) is 37.4 Å². The zero-order valence-corrected chi connectivity index (χ0v) is 11.3. The molecule has 0 saturated carbocycles. The van der Waals surface area contributed by atoms with E-state index >= 15 is 0 Å². The highest BCUT2D eigenvalue weighted by atomic mass is 16.2. The molecule has 3 nitrogen and oxygen atoms in total. The summed E-state index contributed by atoms with van der Waals surface area (Å²) in [7, 11) is 0. The standard InChI is InChI=1S/C15H22N2O/c1-12(2)16-9-7-15(18)17-10-8-13-5-3-4-6-14(13)11-17/h3-6,12,16H,7-11H2,1-2H3. The normalized spacial score (nSPS) is 14.7. The Kier molecular flexibility index (Phi) is 4.37. The van der Waals surface area contributed by atoms with Gasteiger partial charge in [-0.2, -0.15) is 0 Å². The van der Waals surface area contributed by atoms with Gasteiger partial charge in [0.1, 0.15) is 0 Å². The van der Waals surface area contributed by atoms with Crippen LogP contribution in [0.3, 0.4) is 0 Å². The van der Waals surface area contributed by atoms with E-state index in [1.807, 2.05) is 11.0 Å². The minimum absolute atomic E-state index is 0.262. The summed E-state index contributed by atoms with van der Waals surface area (Å²) in [5.74, 6) is 0.262. The minimum Gasteiger partial charge on any atom is -0.338 e. The first-order valence-electron chi connectivity index (χ1n) is 6.75. The smallest absolute Gasteiger partial charge is 0.224 e. The van der Waals surface area contributed by atoms with Crippen molar-refractivity contribution >= 4 is 5.91 Å². The Balaban J connectivity index is 1.87.